The molecule has 1 unspecified atom stereocenters. The van der Waals surface area contributed by atoms with E-state index in [2.05, 4.69) is 10.1 Å². The monoisotopic (exact) mass is 428 g/mol. The van der Waals surface area contributed by atoms with Gasteiger partial charge in [0, 0.05) is 12.2 Å². The molecule has 0 saturated carbocycles. The van der Waals surface area contributed by atoms with Crippen LogP contribution >= 0.6 is 0 Å². The highest BCUT2D eigenvalue weighted by atomic mass is 32.2. The van der Waals surface area contributed by atoms with E-state index in [1.54, 1.807) is 30.3 Å². The summed E-state index contributed by atoms with van der Waals surface area (Å²) in [5.41, 5.74) is 0.637. The third kappa shape index (κ3) is 4.31. The van der Waals surface area contributed by atoms with Gasteiger partial charge in [0.15, 0.2) is 4.75 Å². The molecule has 1 saturated heterocycles. The topological polar surface area (TPSA) is 75.7 Å². The van der Waals surface area contributed by atoms with Gasteiger partial charge in [-0.3, -0.25) is 9.10 Å². The molecule has 0 bridgehead atoms. The molecule has 156 valence electrons. The molecule has 1 N–H and O–H groups in total. The Morgan fingerprint density at radius 2 is 1.72 bits per heavy atom. The first kappa shape index (κ1) is 21.0. The largest absolute Gasteiger partial charge is 0.573 e. The minimum Gasteiger partial charge on any atom is -0.406 e. The summed E-state index contributed by atoms with van der Waals surface area (Å²) >= 11 is 0. The molecule has 1 atom stereocenters. The minimum atomic E-state index is -4.82. The molecule has 6 nitrogen and oxygen atoms in total. The summed E-state index contributed by atoms with van der Waals surface area (Å²) in [6.45, 7) is 1.62. The van der Waals surface area contributed by atoms with E-state index in [1.165, 1.54) is 23.4 Å². The zero-order valence-corrected chi connectivity index (χ0v) is 16.3. The average molecular weight is 428 g/mol. The smallest absolute Gasteiger partial charge is 0.406 e. The van der Waals surface area contributed by atoms with E-state index >= 15 is 0 Å². The van der Waals surface area contributed by atoms with E-state index in [1.807, 2.05) is 0 Å². The molecule has 3 rings (SSSR count). The number of carbonyl (C=O) groups excluding carboxylic acids is 1. The molecule has 1 fully saturated rings. The molecule has 1 aliphatic heterocycles. The Hall–Kier alpha value is -2.75. The number of nitrogens with zero attached hydrogens (tertiary/aromatic N) is 1. The number of nitrogens with one attached hydrogen (secondary N) is 1. The van der Waals surface area contributed by atoms with Crippen LogP contribution in [0.5, 0.6) is 5.75 Å². The van der Waals surface area contributed by atoms with Gasteiger partial charge in [0.25, 0.3) is 0 Å². The molecule has 29 heavy (non-hydrogen) atoms. The lowest BCUT2D eigenvalue weighted by molar-refractivity contribution is -0.274. The Labute approximate surface area is 166 Å². The quantitative estimate of drug-likeness (QED) is 0.801. The number of amides is 1. The van der Waals surface area contributed by atoms with Crippen molar-refractivity contribution in [3.05, 3.63) is 54.6 Å². The summed E-state index contributed by atoms with van der Waals surface area (Å²) in [6.07, 6.45) is -4.22. The zero-order chi connectivity index (χ0) is 21.3. The first-order chi connectivity index (χ1) is 13.5. The van der Waals surface area contributed by atoms with Gasteiger partial charge in [0.2, 0.25) is 15.9 Å². The van der Waals surface area contributed by atoms with Crippen LogP contribution < -0.4 is 14.4 Å². The standard InChI is InChI=1S/C19H19F3N2O4S/c1-18(12-5-13-24(29(18,26)27)15-6-3-2-4-7-15)17(25)23-14-8-10-16(11-9-14)28-19(20,21)22/h2-4,6-11H,5,12-13H2,1H3,(H,23,25). The van der Waals surface area contributed by atoms with Gasteiger partial charge in [0.05, 0.1) is 5.69 Å². The fourth-order valence-corrected chi connectivity index (χ4v) is 5.09. The van der Waals surface area contributed by atoms with Crippen molar-refractivity contribution in [3.8, 4) is 5.75 Å². The number of rotatable bonds is 4. The molecule has 10 heteroatoms. The number of anilines is 2. The number of halogens is 3. The van der Waals surface area contributed by atoms with Gasteiger partial charge in [-0.1, -0.05) is 18.2 Å². The van der Waals surface area contributed by atoms with E-state index in [9.17, 15) is 26.4 Å². The Balaban J connectivity index is 1.80. The number of hydrogen-bond donors (Lipinski definition) is 1. The summed E-state index contributed by atoms with van der Waals surface area (Å²) in [7, 11) is -4.02. The minimum absolute atomic E-state index is 0.125. The highest BCUT2D eigenvalue weighted by Crippen LogP contribution is 2.36. The second-order valence-electron chi connectivity index (χ2n) is 6.77. The number of alkyl halides is 3. The van der Waals surface area contributed by atoms with E-state index in [4.69, 9.17) is 0 Å². The maximum atomic E-state index is 13.2. The zero-order valence-electron chi connectivity index (χ0n) is 15.4. The first-order valence-electron chi connectivity index (χ1n) is 8.77. The first-order valence-corrected chi connectivity index (χ1v) is 10.2. The summed E-state index contributed by atoms with van der Waals surface area (Å²) in [5, 5.41) is 2.49. The van der Waals surface area contributed by atoms with Crippen molar-refractivity contribution in [1.82, 2.24) is 0 Å². The van der Waals surface area contributed by atoms with Crippen LogP contribution in [0.25, 0.3) is 0 Å². The fraction of sp³-hybridized carbons (Fsp3) is 0.316. The number of carbonyl (C=O) groups is 1. The van der Waals surface area contributed by atoms with Crippen LogP contribution in [0, 0.1) is 0 Å². The van der Waals surface area contributed by atoms with Crippen LogP contribution in [0.3, 0.4) is 0 Å². The molecule has 0 radical (unpaired) electrons. The summed E-state index contributed by atoms with van der Waals surface area (Å²) in [5.74, 6) is -1.19. The van der Waals surface area contributed by atoms with E-state index < -0.39 is 32.8 Å². The van der Waals surface area contributed by atoms with Crippen molar-refractivity contribution in [2.45, 2.75) is 30.9 Å². The molecular weight excluding hydrogens is 409 g/mol. The van der Waals surface area contributed by atoms with Gasteiger partial charge >= 0.3 is 6.36 Å². The van der Waals surface area contributed by atoms with Gasteiger partial charge in [-0.2, -0.15) is 0 Å². The van der Waals surface area contributed by atoms with Crippen molar-refractivity contribution in [1.29, 1.82) is 0 Å². The third-order valence-corrected chi connectivity index (χ3v) is 7.25. The summed E-state index contributed by atoms with van der Waals surface area (Å²) < 4.78 is 66.4. The number of ether oxygens (including phenoxy) is 1. The lowest BCUT2D eigenvalue weighted by Crippen LogP contribution is -2.57. The Kier molecular flexibility index (Phi) is 5.48. The van der Waals surface area contributed by atoms with Crippen molar-refractivity contribution in [2.24, 2.45) is 0 Å². The molecule has 1 amide bonds. The SMILES string of the molecule is CC1(C(=O)Nc2ccc(OC(F)(F)F)cc2)CCCN(c2ccccc2)S1(=O)=O. The number of hydrogen-bond acceptors (Lipinski definition) is 4. The van der Waals surface area contributed by atoms with Gasteiger partial charge in [-0.05, 0) is 56.2 Å². The van der Waals surface area contributed by atoms with E-state index in [-0.39, 0.29) is 18.7 Å². The van der Waals surface area contributed by atoms with E-state index in [0.717, 1.165) is 12.1 Å². The molecule has 1 heterocycles. The Morgan fingerprint density at radius 3 is 2.31 bits per heavy atom. The maximum absolute atomic E-state index is 13.2. The predicted molar refractivity (Wildman–Crippen MR) is 102 cm³/mol. The van der Waals surface area contributed by atoms with Gasteiger partial charge in [0.1, 0.15) is 5.75 Å². The van der Waals surface area contributed by atoms with Gasteiger partial charge in [-0.15, -0.1) is 13.2 Å². The second kappa shape index (κ2) is 7.58. The van der Waals surface area contributed by atoms with Crippen LogP contribution in [0.2, 0.25) is 0 Å². The number of para-hydroxylation sites is 1. The molecule has 2 aromatic rings. The Bertz CT molecular complexity index is 979. The second-order valence-corrected chi connectivity index (χ2v) is 9.07. The molecule has 0 aliphatic carbocycles. The summed E-state index contributed by atoms with van der Waals surface area (Å²) in [4.78, 5) is 12.9. The number of benzene rings is 2. The van der Waals surface area contributed by atoms with Crippen molar-refractivity contribution in [3.63, 3.8) is 0 Å². The Morgan fingerprint density at radius 1 is 1.10 bits per heavy atom. The van der Waals surface area contributed by atoms with Crippen LogP contribution in [0.1, 0.15) is 19.8 Å². The normalized spacial score (nSPS) is 21.4. The molecular formula is C19H19F3N2O4S. The van der Waals surface area contributed by atoms with E-state index in [0.29, 0.717) is 12.1 Å². The lowest BCUT2D eigenvalue weighted by Gasteiger charge is -2.39. The maximum Gasteiger partial charge on any atom is 0.573 e. The highest BCUT2D eigenvalue weighted by Gasteiger charge is 2.52. The van der Waals surface area contributed by atoms with Crippen molar-refractivity contribution in [2.75, 3.05) is 16.2 Å². The molecule has 0 aromatic heterocycles. The molecule has 1 aliphatic rings. The molecule has 0 spiro atoms. The fourth-order valence-electron chi connectivity index (χ4n) is 3.15. The lowest BCUT2D eigenvalue weighted by atomic mass is 10.0. The number of sulfonamides is 1. The van der Waals surface area contributed by atoms with Crippen LogP contribution in [-0.2, 0) is 14.8 Å². The highest BCUT2D eigenvalue weighted by molar-refractivity contribution is 7.95. The van der Waals surface area contributed by atoms with Crippen LogP contribution in [-0.4, -0.2) is 32.0 Å². The van der Waals surface area contributed by atoms with Crippen molar-refractivity contribution >= 4 is 27.3 Å². The summed E-state index contributed by atoms with van der Waals surface area (Å²) in [6, 6.07) is 13.0. The molecule has 2 aromatic carbocycles. The van der Waals surface area contributed by atoms with Crippen LogP contribution in [0.4, 0.5) is 24.5 Å². The predicted octanol–water partition coefficient (Wildman–Crippen LogP) is 3.91. The van der Waals surface area contributed by atoms with Gasteiger partial charge < -0.3 is 10.1 Å². The van der Waals surface area contributed by atoms with Gasteiger partial charge in [-0.25, -0.2) is 8.42 Å². The van der Waals surface area contributed by atoms with Crippen LogP contribution in [0.15, 0.2) is 54.6 Å². The average Bonchev–Trinajstić information content (AvgIpc) is 2.65. The van der Waals surface area contributed by atoms with Crippen molar-refractivity contribution < 1.29 is 31.1 Å². The third-order valence-electron chi connectivity index (χ3n) is 4.74.